The van der Waals surface area contributed by atoms with Gasteiger partial charge in [0.1, 0.15) is 30.1 Å². The second-order valence-electron chi connectivity index (χ2n) is 8.21. The van der Waals surface area contributed by atoms with Crippen LogP contribution in [-0.4, -0.2) is 70.5 Å². The Labute approximate surface area is 208 Å². The van der Waals surface area contributed by atoms with Gasteiger partial charge in [0, 0.05) is 12.4 Å². The van der Waals surface area contributed by atoms with Crippen LogP contribution in [-0.2, 0) is 28.1 Å². The van der Waals surface area contributed by atoms with Crippen molar-refractivity contribution in [2.45, 2.75) is 57.5 Å². The van der Waals surface area contributed by atoms with E-state index in [9.17, 15) is 24.4 Å². The molecule has 13 heteroatoms. The van der Waals surface area contributed by atoms with Crippen LogP contribution in [0, 0.1) is 0 Å². The number of rotatable bonds is 11. The summed E-state index contributed by atoms with van der Waals surface area (Å²) in [5, 5.41) is 23.2. The molecule has 12 nitrogen and oxygen atoms in total. The Bertz CT molecular complexity index is 1060. The lowest BCUT2D eigenvalue weighted by molar-refractivity contribution is -0.149. The Morgan fingerprint density at radius 1 is 1.11 bits per heavy atom. The van der Waals surface area contributed by atoms with Gasteiger partial charge < -0.3 is 28.9 Å². The summed E-state index contributed by atoms with van der Waals surface area (Å²) in [6.45, 7) is 4.22. The van der Waals surface area contributed by atoms with Gasteiger partial charge in [-0.15, -0.1) is 0 Å². The number of nitrogens with zero attached hydrogens (tertiary/aromatic N) is 1. The number of aromatic nitrogens is 1. The Balaban J connectivity index is 1.67. The zero-order valence-corrected chi connectivity index (χ0v) is 20.8. The summed E-state index contributed by atoms with van der Waals surface area (Å²) >= 11 is 0. The van der Waals surface area contributed by atoms with E-state index in [4.69, 9.17) is 23.3 Å². The van der Waals surface area contributed by atoms with Crippen molar-refractivity contribution in [3.8, 4) is 5.75 Å². The second kappa shape index (κ2) is 12.4. The van der Waals surface area contributed by atoms with Gasteiger partial charge in [0.05, 0.1) is 18.3 Å². The first-order chi connectivity index (χ1) is 17.1. The van der Waals surface area contributed by atoms with E-state index in [0.29, 0.717) is 0 Å². The number of aliphatic hydroxyl groups excluding tert-OH is 2. The van der Waals surface area contributed by atoms with E-state index in [1.807, 2.05) is 0 Å². The maximum atomic E-state index is 13.5. The maximum Gasteiger partial charge on any atom is 0.459 e. The van der Waals surface area contributed by atoms with E-state index in [-0.39, 0.29) is 11.3 Å². The van der Waals surface area contributed by atoms with Crippen LogP contribution in [0.4, 0.5) is 0 Å². The molecule has 0 bridgehead atoms. The first-order valence-corrected chi connectivity index (χ1v) is 12.7. The standard InChI is InChI=1S/C23H29N2O10P/c1-14(2)32-21(28)15(3)25-36(30,35-17-9-5-4-6-10-17)31-13-18-19(26)20(27)23(33-18)34-22(29)16-8-7-11-24-12-16/h4-12,14-15,18-20,23,26-27H,13H2,1-3H3,(H,25,30)/t15-,18+,19+,20+,23-,36-/m0/s1. The van der Waals surface area contributed by atoms with Crippen LogP contribution in [0.5, 0.6) is 5.75 Å². The predicted molar refractivity (Wildman–Crippen MR) is 125 cm³/mol. The molecule has 0 aliphatic carbocycles. The molecule has 1 aliphatic heterocycles. The van der Waals surface area contributed by atoms with Gasteiger partial charge in [-0.1, -0.05) is 18.2 Å². The van der Waals surface area contributed by atoms with Crippen molar-refractivity contribution < 1.29 is 47.6 Å². The van der Waals surface area contributed by atoms with Gasteiger partial charge in [-0.05, 0) is 45.0 Å². The lowest BCUT2D eigenvalue weighted by Crippen LogP contribution is -2.38. The molecule has 0 radical (unpaired) electrons. The average molecular weight is 524 g/mol. The third-order valence-corrected chi connectivity index (χ3v) is 6.52. The number of carbonyl (C=O) groups is 2. The number of aliphatic hydroxyl groups is 2. The van der Waals surface area contributed by atoms with Crippen LogP contribution < -0.4 is 9.61 Å². The van der Waals surface area contributed by atoms with Crippen molar-refractivity contribution in [2.75, 3.05) is 6.61 Å². The number of hydrogen-bond acceptors (Lipinski definition) is 11. The highest BCUT2D eigenvalue weighted by molar-refractivity contribution is 7.52. The number of esters is 2. The van der Waals surface area contributed by atoms with Crippen molar-refractivity contribution >= 4 is 19.7 Å². The van der Waals surface area contributed by atoms with Gasteiger partial charge in [-0.3, -0.25) is 14.3 Å². The highest BCUT2D eigenvalue weighted by Crippen LogP contribution is 2.45. The Hall–Kier alpha value is -2.86. The molecular formula is C23H29N2O10P. The molecule has 196 valence electrons. The molecule has 2 aromatic rings. The van der Waals surface area contributed by atoms with Crippen LogP contribution in [0.15, 0.2) is 54.9 Å². The van der Waals surface area contributed by atoms with Crippen molar-refractivity contribution in [3.63, 3.8) is 0 Å². The molecule has 1 aromatic heterocycles. The fourth-order valence-electron chi connectivity index (χ4n) is 3.11. The summed E-state index contributed by atoms with van der Waals surface area (Å²) in [4.78, 5) is 28.3. The highest BCUT2D eigenvalue weighted by Gasteiger charge is 2.46. The molecule has 1 saturated heterocycles. The number of carbonyl (C=O) groups excluding carboxylic acids is 2. The molecule has 6 atom stereocenters. The molecule has 3 rings (SSSR count). The van der Waals surface area contributed by atoms with Gasteiger partial charge in [0.15, 0.2) is 0 Å². The zero-order chi connectivity index (χ0) is 26.3. The van der Waals surface area contributed by atoms with E-state index >= 15 is 0 Å². The van der Waals surface area contributed by atoms with Crippen molar-refractivity contribution in [1.82, 2.24) is 10.1 Å². The highest BCUT2D eigenvalue weighted by atomic mass is 31.2. The molecule has 0 amide bonds. The number of pyridine rings is 1. The largest absolute Gasteiger partial charge is 0.462 e. The lowest BCUT2D eigenvalue weighted by atomic mass is 10.1. The molecule has 3 N–H and O–H groups in total. The Kier molecular flexibility index (Phi) is 9.55. The molecule has 0 saturated carbocycles. The normalized spacial score (nSPS) is 24.1. The van der Waals surface area contributed by atoms with E-state index in [1.54, 1.807) is 32.0 Å². The number of hydrogen-bond donors (Lipinski definition) is 3. The summed E-state index contributed by atoms with van der Waals surface area (Å²) in [5.74, 6) is -1.31. The summed E-state index contributed by atoms with van der Waals surface area (Å²) in [6, 6.07) is 10.0. The van der Waals surface area contributed by atoms with Gasteiger partial charge >= 0.3 is 19.7 Å². The third-order valence-electron chi connectivity index (χ3n) is 4.87. The molecule has 1 aromatic carbocycles. The average Bonchev–Trinajstić information content (AvgIpc) is 3.11. The summed E-state index contributed by atoms with van der Waals surface area (Å²) in [5.41, 5.74) is 0.120. The number of nitrogens with one attached hydrogen (secondary N) is 1. The molecule has 1 aliphatic rings. The smallest absolute Gasteiger partial charge is 0.459 e. The summed E-state index contributed by atoms with van der Waals surface area (Å²) < 4.78 is 40.2. The molecule has 0 spiro atoms. The van der Waals surface area contributed by atoms with E-state index in [2.05, 4.69) is 10.1 Å². The molecule has 0 unspecified atom stereocenters. The molecular weight excluding hydrogens is 495 g/mol. The zero-order valence-electron chi connectivity index (χ0n) is 19.9. The number of benzene rings is 1. The van der Waals surface area contributed by atoms with Crippen LogP contribution in [0.25, 0.3) is 0 Å². The van der Waals surface area contributed by atoms with Gasteiger partial charge in [-0.2, -0.15) is 5.09 Å². The minimum Gasteiger partial charge on any atom is -0.462 e. The van der Waals surface area contributed by atoms with Crippen LogP contribution >= 0.6 is 7.75 Å². The van der Waals surface area contributed by atoms with Crippen LogP contribution in [0.2, 0.25) is 0 Å². The second-order valence-corrected chi connectivity index (χ2v) is 9.90. The first-order valence-electron chi connectivity index (χ1n) is 11.2. The van der Waals surface area contributed by atoms with E-state index in [0.717, 1.165) is 0 Å². The predicted octanol–water partition coefficient (Wildman–Crippen LogP) is 1.82. The monoisotopic (exact) mass is 524 g/mol. The maximum absolute atomic E-state index is 13.5. The molecule has 36 heavy (non-hydrogen) atoms. The first kappa shape index (κ1) is 27.7. The van der Waals surface area contributed by atoms with Crippen LogP contribution in [0.3, 0.4) is 0 Å². The minimum absolute atomic E-state index is 0.120. The third kappa shape index (κ3) is 7.57. The quantitative estimate of drug-likeness (QED) is 0.289. The minimum atomic E-state index is -4.23. The fourth-order valence-corrected chi connectivity index (χ4v) is 4.61. The SMILES string of the molecule is CC(C)OC(=O)[C@H](C)N[P@](=O)(OC[C@H]1O[C@@H](OC(=O)c2cccnc2)[C@H](O)[C@@H]1O)Oc1ccccc1. The molecule has 2 heterocycles. The summed E-state index contributed by atoms with van der Waals surface area (Å²) in [6.07, 6.45) is -3.53. The van der Waals surface area contributed by atoms with Gasteiger partial charge in [0.25, 0.3) is 0 Å². The Morgan fingerprint density at radius 2 is 1.83 bits per heavy atom. The fraction of sp³-hybridized carbons (Fsp3) is 0.435. The molecule has 1 fully saturated rings. The van der Waals surface area contributed by atoms with Gasteiger partial charge in [0.2, 0.25) is 6.29 Å². The Morgan fingerprint density at radius 3 is 2.47 bits per heavy atom. The van der Waals surface area contributed by atoms with Crippen molar-refractivity contribution in [2.24, 2.45) is 0 Å². The van der Waals surface area contributed by atoms with Crippen molar-refractivity contribution in [1.29, 1.82) is 0 Å². The summed E-state index contributed by atoms with van der Waals surface area (Å²) in [7, 11) is -4.23. The lowest BCUT2D eigenvalue weighted by Gasteiger charge is -2.25. The van der Waals surface area contributed by atoms with Crippen LogP contribution in [0.1, 0.15) is 31.1 Å². The van der Waals surface area contributed by atoms with Gasteiger partial charge in [-0.25, -0.2) is 9.36 Å². The number of para-hydroxylation sites is 1. The van der Waals surface area contributed by atoms with E-state index < -0.39 is 63.0 Å². The van der Waals surface area contributed by atoms with E-state index in [1.165, 1.54) is 43.6 Å². The topological polar surface area (TPSA) is 163 Å². The number of ether oxygens (including phenoxy) is 3. The van der Waals surface area contributed by atoms with Crippen molar-refractivity contribution in [3.05, 3.63) is 60.4 Å².